The summed E-state index contributed by atoms with van der Waals surface area (Å²) >= 11 is 0. The largest absolute Gasteiger partial charge is 0.354 e. The van der Waals surface area contributed by atoms with Crippen LogP contribution in [0.5, 0.6) is 0 Å². The van der Waals surface area contributed by atoms with Gasteiger partial charge in [-0.25, -0.2) is 18.1 Å². The highest BCUT2D eigenvalue weighted by atomic mass is 32.2. The molecule has 1 aliphatic carbocycles. The lowest BCUT2D eigenvalue weighted by Crippen LogP contribution is -2.62. The van der Waals surface area contributed by atoms with E-state index in [9.17, 15) is 18.0 Å². The van der Waals surface area contributed by atoms with E-state index in [4.69, 9.17) is 0 Å². The van der Waals surface area contributed by atoms with Gasteiger partial charge in [-0.05, 0) is 19.3 Å². The first-order chi connectivity index (χ1) is 13.3. The number of carbonyl (C=O) groups is 2. The summed E-state index contributed by atoms with van der Waals surface area (Å²) in [5, 5.41) is 2.91. The Balaban J connectivity index is 1.48. The van der Waals surface area contributed by atoms with Crippen molar-refractivity contribution >= 4 is 21.8 Å². The van der Waals surface area contributed by atoms with Crippen molar-refractivity contribution in [3.05, 3.63) is 18.2 Å². The van der Waals surface area contributed by atoms with Crippen molar-refractivity contribution in [2.24, 2.45) is 5.92 Å². The average Bonchev–Trinajstić information content (AvgIpc) is 3.20. The van der Waals surface area contributed by atoms with Gasteiger partial charge in [-0.15, -0.1) is 0 Å². The van der Waals surface area contributed by atoms with Crippen molar-refractivity contribution in [3.8, 4) is 0 Å². The molecule has 2 aliphatic heterocycles. The van der Waals surface area contributed by atoms with E-state index in [1.165, 1.54) is 0 Å². The molecule has 3 fully saturated rings. The quantitative estimate of drug-likeness (QED) is 0.509. The Bertz CT molecular complexity index is 838. The van der Waals surface area contributed by atoms with Gasteiger partial charge < -0.3 is 15.2 Å². The average molecular weight is 411 g/mol. The van der Waals surface area contributed by atoms with Gasteiger partial charge in [-0.3, -0.25) is 14.5 Å². The summed E-state index contributed by atoms with van der Waals surface area (Å²) in [7, 11) is -3.33. The smallest absolute Gasteiger partial charge is 0.242 e. The van der Waals surface area contributed by atoms with Gasteiger partial charge in [0.15, 0.2) is 0 Å². The van der Waals surface area contributed by atoms with Crippen molar-refractivity contribution in [2.75, 3.05) is 25.9 Å². The third-order valence-corrected chi connectivity index (χ3v) is 6.34. The maximum atomic E-state index is 13.2. The van der Waals surface area contributed by atoms with Crippen LogP contribution in [-0.2, 0) is 26.2 Å². The number of H-pyrrole nitrogens is 1. The van der Waals surface area contributed by atoms with Gasteiger partial charge in [-0.1, -0.05) is 0 Å². The third-order valence-electron chi connectivity index (χ3n) is 5.57. The van der Waals surface area contributed by atoms with Gasteiger partial charge in [0.2, 0.25) is 21.8 Å². The second kappa shape index (κ2) is 7.45. The van der Waals surface area contributed by atoms with Gasteiger partial charge in [0.25, 0.3) is 0 Å². The number of hydrogen-bond donors (Lipinski definition) is 3. The van der Waals surface area contributed by atoms with E-state index in [1.54, 1.807) is 17.3 Å². The van der Waals surface area contributed by atoms with Crippen molar-refractivity contribution in [3.63, 3.8) is 0 Å². The molecular formula is C17H26N6O4S. The van der Waals surface area contributed by atoms with Crippen LogP contribution in [0.3, 0.4) is 0 Å². The second-order valence-corrected chi connectivity index (χ2v) is 9.75. The van der Waals surface area contributed by atoms with E-state index < -0.39 is 16.1 Å². The molecule has 3 aliphatic rings. The Labute approximate surface area is 164 Å². The minimum Gasteiger partial charge on any atom is -0.354 e. The number of piperazine rings is 1. The van der Waals surface area contributed by atoms with Crippen LogP contribution >= 0.6 is 0 Å². The number of nitrogens with one attached hydrogen (secondary N) is 3. The number of sulfonamides is 1. The van der Waals surface area contributed by atoms with Gasteiger partial charge in [0.05, 0.1) is 12.8 Å². The van der Waals surface area contributed by atoms with E-state index in [1.807, 2.05) is 4.90 Å². The summed E-state index contributed by atoms with van der Waals surface area (Å²) in [4.78, 5) is 36.3. The van der Waals surface area contributed by atoms with Crippen molar-refractivity contribution in [1.82, 2.24) is 29.8 Å². The maximum absolute atomic E-state index is 13.2. The van der Waals surface area contributed by atoms with Crippen LogP contribution in [0, 0.1) is 5.92 Å². The minimum absolute atomic E-state index is 0.00548. The molecule has 0 aromatic carbocycles. The molecule has 28 heavy (non-hydrogen) atoms. The molecule has 2 saturated heterocycles. The van der Waals surface area contributed by atoms with E-state index in [2.05, 4.69) is 20.0 Å². The number of amides is 2. The molecule has 0 spiro atoms. The topological polar surface area (TPSA) is 127 Å². The van der Waals surface area contributed by atoms with Crippen molar-refractivity contribution in [1.29, 1.82) is 0 Å². The zero-order valence-electron chi connectivity index (χ0n) is 15.8. The Morgan fingerprint density at radius 3 is 2.79 bits per heavy atom. The van der Waals surface area contributed by atoms with Crippen LogP contribution in [0.15, 0.2) is 12.4 Å². The van der Waals surface area contributed by atoms with E-state index in [0.29, 0.717) is 26.1 Å². The van der Waals surface area contributed by atoms with E-state index in [-0.39, 0.29) is 36.4 Å². The lowest BCUT2D eigenvalue weighted by Gasteiger charge is -2.42. The molecule has 0 radical (unpaired) electrons. The molecule has 2 amide bonds. The normalized spacial score (nSPS) is 28.4. The molecule has 0 unspecified atom stereocenters. The predicted molar refractivity (Wildman–Crippen MR) is 100 cm³/mol. The summed E-state index contributed by atoms with van der Waals surface area (Å²) in [6.07, 6.45) is 6.93. The van der Waals surface area contributed by atoms with Gasteiger partial charge in [-0.2, -0.15) is 0 Å². The van der Waals surface area contributed by atoms with Crippen LogP contribution in [0.1, 0.15) is 25.1 Å². The Morgan fingerprint density at radius 1 is 1.36 bits per heavy atom. The summed E-state index contributed by atoms with van der Waals surface area (Å²) in [6, 6.07) is -0.827. The number of nitrogens with zero attached hydrogens (tertiary/aromatic N) is 3. The molecular weight excluding hydrogens is 384 g/mol. The fourth-order valence-corrected chi connectivity index (χ4v) is 4.92. The number of carbonyl (C=O) groups excluding carboxylic acids is 2. The predicted octanol–water partition coefficient (Wildman–Crippen LogP) is -1.36. The number of fused-ring (bicyclic) bond motifs is 1. The number of aromatic amines is 1. The number of rotatable bonds is 7. The molecule has 10 nitrogen and oxygen atoms in total. The first-order valence-corrected chi connectivity index (χ1v) is 11.5. The van der Waals surface area contributed by atoms with Gasteiger partial charge in [0, 0.05) is 50.0 Å². The highest BCUT2D eigenvalue weighted by Crippen LogP contribution is 2.30. The summed E-state index contributed by atoms with van der Waals surface area (Å²) in [5.41, 5.74) is 0. The lowest BCUT2D eigenvalue weighted by molar-refractivity contribution is -0.144. The van der Waals surface area contributed by atoms with E-state index >= 15 is 0 Å². The maximum Gasteiger partial charge on any atom is 0.242 e. The zero-order chi connectivity index (χ0) is 19.9. The fraction of sp³-hybridized carbons (Fsp3) is 0.706. The first-order valence-electron chi connectivity index (χ1n) is 9.58. The molecule has 1 aromatic rings. The summed E-state index contributed by atoms with van der Waals surface area (Å²) < 4.78 is 25.8. The highest BCUT2D eigenvalue weighted by molar-refractivity contribution is 7.88. The van der Waals surface area contributed by atoms with Crippen LogP contribution in [0.4, 0.5) is 0 Å². The lowest BCUT2D eigenvalue weighted by atomic mass is 10.1. The minimum atomic E-state index is -3.33. The van der Waals surface area contributed by atoms with Crippen LogP contribution < -0.4 is 10.0 Å². The van der Waals surface area contributed by atoms with Crippen LogP contribution in [0.25, 0.3) is 0 Å². The molecule has 0 bridgehead atoms. The molecule has 3 atom stereocenters. The van der Waals surface area contributed by atoms with E-state index in [0.717, 1.165) is 24.9 Å². The summed E-state index contributed by atoms with van der Waals surface area (Å²) in [5.74, 6) is 0.770. The molecule has 3 heterocycles. The van der Waals surface area contributed by atoms with Gasteiger partial charge >= 0.3 is 0 Å². The standard InChI is InChI=1S/C17H26N6O4S/c1-28(26,27)21-12-6-13-9-22(10-15-18-4-5-19-15)14(17(25)23(13)8-12)7-20-16(24)11-2-3-11/h4-5,11-14,21H,2-3,6-10H2,1H3,(H,18,19)(H,20,24)/t12-,13-,14-/m0/s1. The SMILES string of the molecule is CS(=O)(=O)N[C@H]1C[C@H]2CN(Cc3ncc[nH]3)[C@@H](CNC(=O)C3CC3)C(=O)N2C1. The number of aromatic nitrogens is 2. The monoisotopic (exact) mass is 410 g/mol. The number of hydrogen-bond acceptors (Lipinski definition) is 6. The Kier molecular flexibility index (Phi) is 5.15. The van der Waals surface area contributed by atoms with Crippen molar-refractivity contribution < 1.29 is 18.0 Å². The third kappa shape index (κ3) is 4.36. The highest BCUT2D eigenvalue weighted by Gasteiger charge is 2.46. The second-order valence-electron chi connectivity index (χ2n) is 7.97. The zero-order valence-corrected chi connectivity index (χ0v) is 16.6. The van der Waals surface area contributed by atoms with Crippen molar-refractivity contribution in [2.45, 2.75) is 43.9 Å². The van der Waals surface area contributed by atoms with Gasteiger partial charge in [0.1, 0.15) is 11.9 Å². The molecule has 154 valence electrons. The van der Waals surface area contributed by atoms with Crippen LogP contribution in [-0.4, -0.2) is 84.0 Å². The molecule has 11 heteroatoms. The fourth-order valence-electron chi connectivity index (χ4n) is 4.15. The first kappa shape index (κ1) is 19.3. The Hall–Kier alpha value is -1.98. The molecule has 4 rings (SSSR count). The molecule has 1 aromatic heterocycles. The molecule has 1 saturated carbocycles. The van der Waals surface area contributed by atoms with Crippen LogP contribution in [0.2, 0.25) is 0 Å². The summed E-state index contributed by atoms with van der Waals surface area (Å²) in [6.45, 7) is 1.69. The Morgan fingerprint density at radius 2 is 2.14 bits per heavy atom. The molecule has 3 N–H and O–H groups in total. The number of imidazole rings is 1.